The van der Waals surface area contributed by atoms with Gasteiger partial charge in [0.1, 0.15) is 0 Å². The number of carbonyl (C=O) groups is 1. The van der Waals surface area contributed by atoms with Crippen molar-refractivity contribution in [1.29, 1.82) is 0 Å². The van der Waals surface area contributed by atoms with E-state index in [1.165, 1.54) is 7.11 Å². The molecule has 90 valence electrons. The molecule has 0 aromatic rings. The summed E-state index contributed by atoms with van der Waals surface area (Å²) in [6.45, 7) is 3.48. The van der Waals surface area contributed by atoms with Gasteiger partial charge in [0.15, 0.2) is 5.25 Å². The lowest BCUT2D eigenvalue weighted by Gasteiger charge is -2.22. The van der Waals surface area contributed by atoms with Crippen molar-refractivity contribution in [2.75, 3.05) is 26.8 Å². The topological polar surface area (TPSA) is 83.9 Å². The van der Waals surface area contributed by atoms with Crippen LogP contribution in [-0.2, 0) is 19.6 Å². The molecular weight excluding hydrogens is 222 g/mol. The van der Waals surface area contributed by atoms with Crippen LogP contribution in [0.4, 0.5) is 0 Å². The summed E-state index contributed by atoms with van der Waals surface area (Å²) in [5.41, 5.74) is 0. The lowest BCUT2D eigenvalue weighted by atomic mass is 10.5. The second-order valence-electron chi connectivity index (χ2n) is 3.01. The van der Waals surface area contributed by atoms with Gasteiger partial charge >= 0.3 is 5.97 Å². The van der Waals surface area contributed by atoms with E-state index in [1.807, 2.05) is 0 Å². The number of methoxy groups -OCH3 is 1. The fourth-order valence-corrected chi connectivity index (χ4v) is 2.40. The number of rotatable bonds is 7. The van der Waals surface area contributed by atoms with Gasteiger partial charge in [0.2, 0.25) is 10.0 Å². The summed E-state index contributed by atoms with van der Waals surface area (Å²) in [4.78, 5) is 10.6. The number of carboxylic acid groups (broad SMARTS) is 1. The van der Waals surface area contributed by atoms with Crippen LogP contribution in [0.2, 0.25) is 0 Å². The van der Waals surface area contributed by atoms with E-state index < -0.39 is 21.2 Å². The molecule has 1 atom stereocenters. The van der Waals surface area contributed by atoms with Crippen LogP contribution in [-0.4, -0.2) is 55.9 Å². The maximum Gasteiger partial charge on any atom is 0.323 e. The molecule has 1 N–H and O–H groups in total. The number of carboxylic acids is 1. The van der Waals surface area contributed by atoms with Crippen LogP contribution >= 0.6 is 0 Å². The zero-order chi connectivity index (χ0) is 12.1. The van der Waals surface area contributed by atoms with Gasteiger partial charge < -0.3 is 9.84 Å². The molecule has 0 fully saturated rings. The quantitative estimate of drug-likeness (QED) is 0.662. The Morgan fingerprint density at radius 1 is 1.53 bits per heavy atom. The second-order valence-corrected chi connectivity index (χ2v) is 5.26. The van der Waals surface area contributed by atoms with Crippen LogP contribution in [0, 0.1) is 0 Å². The van der Waals surface area contributed by atoms with Gasteiger partial charge in [-0.05, 0) is 6.92 Å². The summed E-state index contributed by atoms with van der Waals surface area (Å²) in [7, 11) is -2.31. The van der Waals surface area contributed by atoms with E-state index in [2.05, 4.69) is 0 Å². The van der Waals surface area contributed by atoms with Gasteiger partial charge in [0, 0.05) is 20.2 Å². The van der Waals surface area contributed by atoms with Crippen molar-refractivity contribution in [3.63, 3.8) is 0 Å². The van der Waals surface area contributed by atoms with E-state index in [0.29, 0.717) is 0 Å². The first-order valence-electron chi connectivity index (χ1n) is 4.58. The summed E-state index contributed by atoms with van der Waals surface area (Å²) in [6, 6.07) is 0. The summed E-state index contributed by atoms with van der Waals surface area (Å²) in [5.74, 6) is -1.34. The van der Waals surface area contributed by atoms with Gasteiger partial charge in [-0.25, -0.2) is 8.42 Å². The Hall–Kier alpha value is -0.660. The van der Waals surface area contributed by atoms with Crippen LogP contribution in [0.1, 0.15) is 13.8 Å². The van der Waals surface area contributed by atoms with Crippen molar-refractivity contribution in [1.82, 2.24) is 4.31 Å². The third-order valence-corrected chi connectivity index (χ3v) is 4.31. The van der Waals surface area contributed by atoms with Gasteiger partial charge in [-0.3, -0.25) is 4.79 Å². The molecule has 0 aliphatic rings. The minimum Gasteiger partial charge on any atom is -0.480 e. The Kier molecular flexibility index (Phi) is 5.77. The highest BCUT2D eigenvalue weighted by atomic mass is 32.2. The highest BCUT2D eigenvalue weighted by Gasteiger charge is 2.32. The Balaban J connectivity index is 4.73. The van der Waals surface area contributed by atoms with Crippen molar-refractivity contribution < 1.29 is 23.1 Å². The first-order chi connectivity index (χ1) is 6.87. The molecule has 0 aromatic heterocycles. The molecule has 0 amide bonds. The summed E-state index contributed by atoms with van der Waals surface area (Å²) >= 11 is 0. The van der Waals surface area contributed by atoms with Gasteiger partial charge in [-0.2, -0.15) is 4.31 Å². The van der Waals surface area contributed by atoms with E-state index in [-0.39, 0.29) is 19.7 Å². The first kappa shape index (κ1) is 14.3. The Morgan fingerprint density at radius 3 is 2.40 bits per heavy atom. The van der Waals surface area contributed by atoms with Crippen molar-refractivity contribution in [2.45, 2.75) is 19.1 Å². The molecule has 0 heterocycles. The normalized spacial score (nSPS) is 14.1. The van der Waals surface area contributed by atoms with Crippen LogP contribution < -0.4 is 0 Å². The van der Waals surface area contributed by atoms with Crippen LogP contribution in [0.25, 0.3) is 0 Å². The van der Waals surface area contributed by atoms with Crippen molar-refractivity contribution >= 4 is 16.0 Å². The fourth-order valence-electron chi connectivity index (χ4n) is 1.01. The highest BCUT2D eigenvalue weighted by molar-refractivity contribution is 7.90. The monoisotopic (exact) mass is 239 g/mol. The molecule has 6 nitrogen and oxygen atoms in total. The molecule has 0 radical (unpaired) electrons. The average Bonchev–Trinajstić information content (AvgIpc) is 2.17. The van der Waals surface area contributed by atoms with Gasteiger partial charge in [0.25, 0.3) is 0 Å². The Labute approximate surface area is 89.9 Å². The molecular formula is C8H17NO5S. The molecule has 1 unspecified atom stereocenters. The minimum absolute atomic E-state index is 0.174. The fraction of sp³-hybridized carbons (Fsp3) is 0.875. The molecule has 0 saturated carbocycles. The predicted octanol–water partition coefficient (Wildman–Crippen LogP) is -0.242. The Morgan fingerprint density at radius 2 is 2.07 bits per heavy atom. The van der Waals surface area contributed by atoms with Gasteiger partial charge in [0.05, 0.1) is 6.61 Å². The third kappa shape index (κ3) is 3.77. The largest absolute Gasteiger partial charge is 0.480 e. The average molecular weight is 239 g/mol. The smallest absolute Gasteiger partial charge is 0.323 e. The third-order valence-electron chi connectivity index (χ3n) is 2.05. The molecule has 0 saturated heterocycles. The zero-order valence-corrected chi connectivity index (χ0v) is 9.95. The van der Waals surface area contributed by atoms with Crippen LogP contribution in [0.5, 0.6) is 0 Å². The van der Waals surface area contributed by atoms with E-state index in [0.717, 1.165) is 11.2 Å². The number of ether oxygens (including phenoxy) is 1. The molecule has 0 spiro atoms. The van der Waals surface area contributed by atoms with Crippen molar-refractivity contribution in [2.24, 2.45) is 0 Å². The molecule has 0 bridgehead atoms. The van der Waals surface area contributed by atoms with E-state index >= 15 is 0 Å². The maximum atomic E-state index is 11.7. The van der Waals surface area contributed by atoms with Crippen molar-refractivity contribution in [3.05, 3.63) is 0 Å². The van der Waals surface area contributed by atoms with E-state index in [4.69, 9.17) is 9.84 Å². The molecule has 7 heteroatoms. The summed E-state index contributed by atoms with van der Waals surface area (Å²) in [6.07, 6.45) is 0. The zero-order valence-electron chi connectivity index (χ0n) is 9.13. The van der Waals surface area contributed by atoms with E-state index in [9.17, 15) is 13.2 Å². The van der Waals surface area contributed by atoms with Crippen LogP contribution in [0.15, 0.2) is 0 Å². The first-order valence-corrected chi connectivity index (χ1v) is 6.09. The minimum atomic E-state index is -3.77. The number of sulfonamides is 1. The second kappa shape index (κ2) is 6.04. The number of likely N-dealkylation sites (N-methyl/N-ethyl adjacent to an activating group) is 1. The number of aliphatic carboxylic acids is 1. The molecule has 0 rings (SSSR count). The van der Waals surface area contributed by atoms with Gasteiger partial charge in [-0.15, -0.1) is 0 Å². The summed E-state index contributed by atoms with van der Waals surface area (Å²) in [5, 5.41) is 7.23. The van der Waals surface area contributed by atoms with Crippen LogP contribution in [0.3, 0.4) is 0 Å². The number of hydrogen-bond donors (Lipinski definition) is 1. The van der Waals surface area contributed by atoms with Gasteiger partial charge in [-0.1, -0.05) is 6.92 Å². The standard InChI is InChI=1S/C8H17NO5S/c1-4-9(5-6-14-3)15(12,13)7(2)8(10)11/h7H,4-6H2,1-3H3,(H,10,11). The highest BCUT2D eigenvalue weighted by Crippen LogP contribution is 2.08. The molecule has 0 aromatic carbocycles. The molecule has 0 aliphatic carbocycles. The molecule has 15 heavy (non-hydrogen) atoms. The predicted molar refractivity (Wildman–Crippen MR) is 55.1 cm³/mol. The van der Waals surface area contributed by atoms with E-state index in [1.54, 1.807) is 6.92 Å². The summed E-state index contributed by atoms with van der Waals surface area (Å²) < 4.78 is 29.3. The maximum absolute atomic E-state index is 11.7. The van der Waals surface area contributed by atoms with Crippen molar-refractivity contribution in [3.8, 4) is 0 Å². The lowest BCUT2D eigenvalue weighted by molar-refractivity contribution is -0.136. The number of hydrogen-bond acceptors (Lipinski definition) is 4. The lowest BCUT2D eigenvalue weighted by Crippen LogP contribution is -2.42. The number of nitrogens with zero attached hydrogens (tertiary/aromatic N) is 1. The molecule has 0 aliphatic heterocycles. The Bertz CT molecular complexity index is 300. The SMILES string of the molecule is CCN(CCOC)S(=O)(=O)C(C)C(=O)O.